The van der Waals surface area contributed by atoms with Crippen LogP contribution in [0.2, 0.25) is 0 Å². The highest BCUT2D eigenvalue weighted by Crippen LogP contribution is 2.34. The van der Waals surface area contributed by atoms with Gasteiger partial charge in [-0.25, -0.2) is 4.79 Å². The van der Waals surface area contributed by atoms with E-state index in [1.54, 1.807) is 6.92 Å². The Balaban J connectivity index is 2.79. The number of aromatic carboxylic acids is 1. The third kappa shape index (κ3) is 1.97. The monoisotopic (exact) mass is 296 g/mol. The Morgan fingerprint density at radius 2 is 2.06 bits per heavy atom. The highest BCUT2D eigenvalue weighted by molar-refractivity contribution is 9.10. The molecule has 0 aliphatic rings. The van der Waals surface area contributed by atoms with Gasteiger partial charge in [0.1, 0.15) is 5.58 Å². The van der Waals surface area contributed by atoms with Gasteiger partial charge in [0, 0.05) is 10.9 Å². The van der Waals surface area contributed by atoms with Crippen LogP contribution in [0.4, 0.5) is 0 Å². The zero-order valence-electron chi connectivity index (χ0n) is 9.87. The molecule has 0 saturated carbocycles. The second-order valence-corrected chi connectivity index (χ2v) is 5.25. The van der Waals surface area contributed by atoms with Crippen LogP contribution in [0, 0.1) is 6.92 Å². The Labute approximate surface area is 108 Å². The second kappa shape index (κ2) is 4.18. The largest absolute Gasteiger partial charge is 0.475 e. The van der Waals surface area contributed by atoms with Crippen LogP contribution in [-0.4, -0.2) is 11.1 Å². The molecule has 0 unspecified atom stereocenters. The molecule has 0 bridgehead atoms. The van der Waals surface area contributed by atoms with E-state index in [2.05, 4.69) is 29.8 Å². The van der Waals surface area contributed by atoms with Gasteiger partial charge in [-0.1, -0.05) is 13.8 Å². The summed E-state index contributed by atoms with van der Waals surface area (Å²) in [6, 6.07) is 3.97. The first kappa shape index (κ1) is 12.2. The standard InChI is InChI=1S/C13H13BrO3/c1-6(2)8-4-9-7(3)11(13(15)16)17-12(9)10(14)5-8/h4-6H,1-3H3,(H,15,16). The van der Waals surface area contributed by atoms with E-state index >= 15 is 0 Å². The van der Waals surface area contributed by atoms with Gasteiger partial charge in [0.15, 0.2) is 0 Å². The Bertz CT molecular complexity index is 596. The van der Waals surface area contributed by atoms with Crippen LogP contribution in [0.15, 0.2) is 21.0 Å². The van der Waals surface area contributed by atoms with Crippen molar-refractivity contribution < 1.29 is 14.3 Å². The quantitative estimate of drug-likeness (QED) is 0.897. The van der Waals surface area contributed by atoms with Crippen molar-refractivity contribution in [2.24, 2.45) is 0 Å². The second-order valence-electron chi connectivity index (χ2n) is 4.40. The maximum atomic E-state index is 11.0. The molecule has 1 aromatic heterocycles. The molecule has 2 rings (SSSR count). The number of carboxylic acid groups (broad SMARTS) is 1. The maximum Gasteiger partial charge on any atom is 0.372 e. The van der Waals surface area contributed by atoms with Gasteiger partial charge in [-0.3, -0.25) is 0 Å². The third-order valence-corrected chi connectivity index (χ3v) is 3.46. The summed E-state index contributed by atoms with van der Waals surface area (Å²) in [5, 5.41) is 9.89. The van der Waals surface area contributed by atoms with Crippen molar-refractivity contribution in [3.05, 3.63) is 33.5 Å². The fraction of sp³-hybridized carbons (Fsp3) is 0.308. The number of hydrogen-bond donors (Lipinski definition) is 1. The van der Waals surface area contributed by atoms with Crippen molar-refractivity contribution in [2.45, 2.75) is 26.7 Å². The Kier molecular flexibility index (Phi) is 3.00. The number of aryl methyl sites for hydroxylation is 1. The molecular formula is C13H13BrO3. The minimum Gasteiger partial charge on any atom is -0.475 e. The molecule has 3 nitrogen and oxygen atoms in total. The van der Waals surface area contributed by atoms with Crippen molar-refractivity contribution in [1.82, 2.24) is 0 Å². The molecule has 17 heavy (non-hydrogen) atoms. The Morgan fingerprint density at radius 1 is 1.41 bits per heavy atom. The van der Waals surface area contributed by atoms with Gasteiger partial charge in [-0.15, -0.1) is 0 Å². The van der Waals surface area contributed by atoms with Gasteiger partial charge in [-0.05, 0) is 46.5 Å². The van der Waals surface area contributed by atoms with E-state index in [9.17, 15) is 4.79 Å². The summed E-state index contributed by atoms with van der Waals surface area (Å²) in [6.07, 6.45) is 0. The third-order valence-electron chi connectivity index (χ3n) is 2.88. The molecule has 0 aliphatic heterocycles. The lowest BCUT2D eigenvalue weighted by Crippen LogP contribution is -1.95. The van der Waals surface area contributed by atoms with E-state index in [1.165, 1.54) is 0 Å². The van der Waals surface area contributed by atoms with Crippen LogP contribution >= 0.6 is 15.9 Å². The fourth-order valence-corrected chi connectivity index (χ4v) is 2.39. The number of benzene rings is 1. The number of rotatable bonds is 2. The van der Waals surface area contributed by atoms with Crippen LogP contribution < -0.4 is 0 Å². The number of carboxylic acids is 1. The first-order valence-corrected chi connectivity index (χ1v) is 6.17. The first-order valence-electron chi connectivity index (χ1n) is 5.37. The van der Waals surface area contributed by atoms with E-state index in [1.807, 2.05) is 12.1 Å². The Morgan fingerprint density at radius 3 is 2.59 bits per heavy atom. The fourth-order valence-electron chi connectivity index (χ4n) is 1.83. The predicted molar refractivity (Wildman–Crippen MR) is 69.7 cm³/mol. The van der Waals surface area contributed by atoms with Crippen molar-refractivity contribution >= 4 is 32.9 Å². The lowest BCUT2D eigenvalue weighted by atomic mass is 10.0. The molecule has 2 aromatic rings. The molecule has 4 heteroatoms. The lowest BCUT2D eigenvalue weighted by molar-refractivity contribution is 0.0664. The molecule has 1 aromatic carbocycles. The van der Waals surface area contributed by atoms with Gasteiger partial charge in [0.05, 0.1) is 4.47 Å². The molecular weight excluding hydrogens is 284 g/mol. The molecule has 90 valence electrons. The van der Waals surface area contributed by atoms with Crippen LogP contribution in [0.1, 0.15) is 41.4 Å². The van der Waals surface area contributed by atoms with Crippen molar-refractivity contribution in [1.29, 1.82) is 0 Å². The molecule has 1 N–H and O–H groups in total. The number of halogens is 1. The van der Waals surface area contributed by atoms with Crippen LogP contribution in [0.5, 0.6) is 0 Å². The molecule has 0 saturated heterocycles. The minimum absolute atomic E-state index is 0.0154. The lowest BCUT2D eigenvalue weighted by Gasteiger charge is -2.06. The van der Waals surface area contributed by atoms with Crippen molar-refractivity contribution in [2.75, 3.05) is 0 Å². The molecule has 0 amide bonds. The molecule has 0 radical (unpaired) electrons. The summed E-state index contributed by atoms with van der Waals surface area (Å²) in [6.45, 7) is 5.97. The van der Waals surface area contributed by atoms with Crippen LogP contribution in [-0.2, 0) is 0 Å². The average molecular weight is 297 g/mol. The highest BCUT2D eigenvalue weighted by Gasteiger charge is 2.19. The predicted octanol–water partition coefficient (Wildman–Crippen LogP) is 4.33. The van der Waals surface area contributed by atoms with Crippen molar-refractivity contribution in [3.63, 3.8) is 0 Å². The summed E-state index contributed by atoms with van der Waals surface area (Å²) in [5.41, 5.74) is 2.44. The molecule has 0 aliphatic carbocycles. The molecule has 1 heterocycles. The number of fused-ring (bicyclic) bond motifs is 1. The summed E-state index contributed by atoms with van der Waals surface area (Å²) in [7, 11) is 0. The van der Waals surface area contributed by atoms with E-state index in [0.717, 1.165) is 15.4 Å². The number of furan rings is 1. The van der Waals surface area contributed by atoms with E-state index in [4.69, 9.17) is 9.52 Å². The zero-order chi connectivity index (χ0) is 12.7. The van der Waals surface area contributed by atoms with Crippen LogP contribution in [0.25, 0.3) is 11.0 Å². The topological polar surface area (TPSA) is 50.4 Å². The van der Waals surface area contributed by atoms with Gasteiger partial charge in [-0.2, -0.15) is 0 Å². The van der Waals surface area contributed by atoms with Crippen LogP contribution in [0.3, 0.4) is 0 Å². The zero-order valence-corrected chi connectivity index (χ0v) is 11.5. The SMILES string of the molecule is Cc1c(C(=O)O)oc2c(Br)cc(C(C)C)cc12. The van der Waals surface area contributed by atoms with Gasteiger partial charge < -0.3 is 9.52 Å². The number of hydrogen-bond acceptors (Lipinski definition) is 2. The summed E-state index contributed by atoms with van der Waals surface area (Å²) >= 11 is 3.43. The van der Waals surface area contributed by atoms with Gasteiger partial charge in [0.25, 0.3) is 0 Å². The summed E-state index contributed by atoms with van der Waals surface area (Å²) < 4.78 is 6.18. The van der Waals surface area contributed by atoms with Gasteiger partial charge >= 0.3 is 5.97 Å². The van der Waals surface area contributed by atoms with Gasteiger partial charge in [0.2, 0.25) is 5.76 Å². The van der Waals surface area contributed by atoms with E-state index < -0.39 is 5.97 Å². The van der Waals surface area contributed by atoms with E-state index in [0.29, 0.717) is 17.1 Å². The molecule has 0 spiro atoms. The normalized spacial score (nSPS) is 11.4. The maximum absolute atomic E-state index is 11.0. The number of carbonyl (C=O) groups is 1. The average Bonchev–Trinajstić information content (AvgIpc) is 2.57. The Hall–Kier alpha value is -1.29. The smallest absolute Gasteiger partial charge is 0.372 e. The molecule has 0 atom stereocenters. The summed E-state index contributed by atoms with van der Waals surface area (Å²) in [5.74, 6) is -0.628. The minimum atomic E-state index is -1.03. The molecule has 0 fully saturated rings. The first-order chi connectivity index (χ1) is 7.91. The highest BCUT2D eigenvalue weighted by atomic mass is 79.9. The van der Waals surface area contributed by atoms with E-state index in [-0.39, 0.29) is 5.76 Å². The summed E-state index contributed by atoms with van der Waals surface area (Å²) in [4.78, 5) is 11.0. The van der Waals surface area contributed by atoms with Crippen molar-refractivity contribution in [3.8, 4) is 0 Å².